The first-order chi connectivity index (χ1) is 10.2. The van der Waals surface area contributed by atoms with Crippen LogP contribution in [0.5, 0.6) is 0 Å². The molecule has 1 fully saturated rings. The normalized spacial score (nSPS) is 16.5. The van der Waals surface area contributed by atoms with E-state index < -0.39 is 0 Å². The number of rotatable bonds is 6. The van der Waals surface area contributed by atoms with E-state index in [-0.39, 0.29) is 36.8 Å². The average Bonchev–Trinajstić information content (AvgIpc) is 3.00. The fourth-order valence-corrected chi connectivity index (χ4v) is 2.90. The highest BCUT2D eigenvalue weighted by Gasteiger charge is 2.28. The van der Waals surface area contributed by atoms with Gasteiger partial charge in [-0.3, -0.25) is 4.79 Å². The van der Waals surface area contributed by atoms with Crippen molar-refractivity contribution in [3.05, 3.63) is 29.8 Å². The highest BCUT2D eigenvalue weighted by atomic mass is 35.5. The lowest BCUT2D eigenvalue weighted by Crippen LogP contribution is -2.39. The predicted octanol–water partition coefficient (Wildman–Crippen LogP) is 3.33. The molecule has 1 atom stereocenters. The maximum Gasteiger partial charge on any atom is 0.254 e. The smallest absolute Gasteiger partial charge is 0.254 e. The minimum atomic E-state index is 0. The molecule has 1 heterocycles. The first-order valence-corrected chi connectivity index (χ1v) is 7.99. The van der Waals surface area contributed by atoms with E-state index in [0.717, 1.165) is 37.2 Å². The highest BCUT2D eigenvalue weighted by Crippen LogP contribution is 2.21. The van der Waals surface area contributed by atoms with E-state index in [2.05, 4.69) is 18.9 Å². The van der Waals surface area contributed by atoms with E-state index in [1.807, 2.05) is 29.2 Å². The molecule has 0 saturated carbocycles. The number of anilines is 1. The van der Waals surface area contributed by atoms with Crippen molar-refractivity contribution >= 4 is 36.4 Å². The van der Waals surface area contributed by atoms with Gasteiger partial charge in [-0.1, -0.05) is 13.3 Å². The zero-order valence-corrected chi connectivity index (χ0v) is 15.7. The number of hydrogen-bond acceptors (Lipinski definition) is 3. The monoisotopic (exact) mass is 361 g/mol. The van der Waals surface area contributed by atoms with Crippen LogP contribution in [0.25, 0.3) is 0 Å². The van der Waals surface area contributed by atoms with Crippen LogP contribution in [-0.4, -0.2) is 43.5 Å². The van der Waals surface area contributed by atoms with Crippen molar-refractivity contribution in [2.24, 2.45) is 5.73 Å². The molecule has 2 N–H and O–H groups in total. The van der Waals surface area contributed by atoms with E-state index >= 15 is 0 Å². The minimum Gasteiger partial charge on any atom is -0.375 e. The molecule has 0 bridgehead atoms. The average molecular weight is 362 g/mol. The molecular weight excluding hydrogens is 333 g/mol. The Bertz CT molecular complexity index is 467. The number of amides is 1. The number of unbranched alkanes of at least 4 members (excludes halogenated alkanes) is 1. The zero-order chi connectivity index (χ0) is 15.2. The second-order valence-corrected chi connectivity index (χ2v) is 5.85. The fourth-order valence-electron chi connectivity index (χ4n) is 2.90. The van der Waals surface area contributed by atoms with Gasteiger partial charge in [0.25, 0.3) is 5.91 Å². The SMILES string of the molecule is CCCCN(C)c1ccc(C(=O)N2CCCC2CN)cc1.Cl.Cl. The van der Waals surface area contributed by atoms with Gasteiger partial charge in [0, 0.05) is 44.0 Å². The number of halogens is 2. The Hall–Kier alpha value is -0.970. The first kappa shape index (κ1) is 22.0. The summed E-state index contributed by atoms with van der Waals surface area (Å²) in [7, 11) is 2.09. The molecule has 1 aromatic rings. The third-order valence-electron chi connectivity index (χ3n) is 4.31. The van der Waals surface area contributed by atoms with Crippen molar-refractivity contribution in [2.45, 2.75) is 38.6 Å². The molecular formula is C17H29Cl2N3O. The Labute approximate surface area is 152 Å². The Balaban J connectivity index is 0.00000242. The summed E-state index contributed by atoms with van der Waals surface area (Å²) in [6.07, 6.45) is 4.46. The maximum absolute atomic E-state index is 12.5. The van der Waals surface area contributed by atoms with E-state index in [0.29, 0.717) is 6.54 Å². The minimum absolute atomic E-state index is 0. The topological polar surface area (TPSA) is 49.6 Å². The maximum atomic E-state index is 12.5. The molecule has 0 aliphatic carbocycles. The van der Waals surface area contributed by atoms with Crippen molar-refractivity contribution in [1.82, 2.24) is 4.90 Å². The van der Waals surface area contributed by atoms with Gasteiger partial charge in [0.05, 0.1) is 0 Å². The first-order valence-electron chi connectivity index (χ1n) is 7.99. The second-order valence-electron chi connectivity index (χ2n) is 5.85. The lowest BCUT2D eigenvalue weighted by molar-refractivity contribution is 0.0741. The Kier molecular flexibility index (Phi) is 10.3. The van der Waals surface area contributed by atoms with E-state index in [1.54, 1.807) is 0 Å². The Morgan fingerprint density at radius 3 is 2.52 bits per heavy atom. The van der Waals surface area contributed by atoms with Gasteiger partial charge in [-0.05, 0) is 43.5 Å². The molecule has 4 nitrogen and oxygen atoms in total. The lowest BCUT2D eigenvalue weighted by Gasteiger charge is -2.24. The zero-order valence-electron chi connectivity index (χ0n) is 14.0. The predicted molar refractivity (Wildman–Crippen MR) is 102 cm³/mol. The summed E-state index contributed by atoms with van der Waals surface area (Å²) in [6, 6.07) is 8.16. The molecule has 2 rings (SSSR count). The molecule has 6 heteroatoms. The summed E-state index contributed by atoms with van der Waals surface area (Å²) < 4.78 is 0. The van der Waals surface area contributed by atoms with Crippen LogP contribution in [0.2, 0.25) is 0 Å². The molecule has 1 aliphatic heterocycles. The molecule has 23 heavy (non-hydrogen) atoms. The lowest BCUT2D eigenvalue weighted by atomic mass is 10.1. The van der Waals surface area contributed by atoms with E-state index in [9.17, 15) is 4.79 Å². The highest BCUT2D eigenvalue weighted by molar-refractivity contribution is 5.95. The summed E-state index contributed by atoms with van der Waals surface area (Å²) >= 11 is 0. The quantitative estimate of drug-likeness (QED) is 0.845. The number of carbonyl (C=O) groups is 1. The third kappa shape index (κ3) is 5.55. The number of carbonyl (C=O) groups excluding carboxylic acids is 1. The van der Waals surface area contributed by atoms with Crippen LogP contribution in [0, 0.1) is 0 Å². The van der Waals surface area contributed by atoms with Crippen molar-refractivity contribution in [3.8, 4) is 0 Å². The molecule has 1 aliphatic rings. The van der Waals surface area contributed by atoms with Crippen LogP contribution in [-0.2, 0) is 0 Å². The van der Waals surface area contributed by atoms with Gasteiger partial charge in [0.1, 0.15) is 0 Å². The molecule has 1 saturated heterocycles. The molecule has 132 valence electrons. The van der Waals surface area contributed by atoms with Gasteiger partial charge in [0.15, 0.2) is 0 Å². The van der Waals surface area contributed by atoms with Gasteiger partial charge < -0.3 is 15.5 Å². The van der Waals surface area contributed by atoms with Crippen LogP contribution in [0.1, 0.15) is 43.0 Å². The summed E-state index contributed by atoms with van der Waals surface area (Å²) in [4.78, 5) is 16.7. The van der Waals surface area contributed by atoms with Crippen LogP contribution in [0.3, 0.4) is 0 Å². The standard InChI is InChI=1S/C17H27N3O.2ClH/c1-3-4-11-19(2)15-9-7-14(8-10-15)17(21)20-12-5-6-16(20)13-18;;/h7-10,16H,3-6,11-13,18H2,1-2H3;2*1H. The van der Waals surface area contributed by atoms with Crippen LogP contribution in [0.15, 0.2) is 24.3 Å². The van der Waals surface area contributed by atoms with Crippen molar-refractivity contribution in [1.29, 1.82) is 0 Å². The van der Waals surface area contributed by atoms with Crippen molar-refractivity contribution in [2.75, 3.05) is 31.6 Å². The van der Waals surface area contributed by atoms with Gasteiger partial charge in [-0.25, -0.2) is 0 Å². The Morgan fingerprint density at radius 2 is 1.96 bits per heavy atom. The van der Waals surface area contributed by atoms with E-state index in [1.165, 1.54) is 12.8 Å². The van der Waals surface area contributed by atoms with Crippen LogP contribution in [0.4, 0.5) is 5.69 Å². The number of benzene rings is 1. The summed E-state index contributed by atoms with van der Waals surface area (Å²) in [5, 5.41) is 0. The molecule has 1 aromatic carbocycles. The summed E-state index contributed by atoms with van der Waals surface area (Å²) in [6.45, 7) is 4.63. The van der Waals surface area contributed by atoms with Crippen molar-refractivity contribution < 1.29 is 4.79 Å². The molecule has 0 spiro atoms. The molecule has 1 amide bonds. The van der Waals surface area contributed by atoms with Gasteiger partial charge in [-0.15, -0.1) is 24.8 Å². The Morgan fingerprint density at radius 1 is 1.30 bits per heavy atom. The largest absolute Gasteiger partial charge is 0.375 e. The third-order valence-corrected chi connectivity index (χ3v) is 4.31. The number of hydrogen-bond donors (Lipinski definition) is 1. The molecule has 0 radical (unpaired) electrons. The van der Waals surface area contributed by atoms with E-state index in [4.69, 9.17) is 5.73 Å². The van der Waals surface area contributed by atoms with Gasteiger partial charge >= 0.3 is 0 Å². The fraction of sp³-hybridized carbons (Fsp3) is 0.588. The summed E-state index contributed by atoms with van der Waals surface area (Å²) in [5.41, 5.74) is 7.68. The number of likely N-dealkylation sites (tertiary alicyclic amines) is 1. The second kappa shape index (κ2) is 10.7. The van der Waals surface area contributed by atoms with Gasteiger partial charge in [-0.2, -0.15) is 0 Å². The van der Waals surface area contributed by atoms with Crippen LogP contribution >= 0.6 is 24.8 Å². The molecule has 0 aromatic heterocycles. The summed E-state index contributed by atoms with van der Waals surface area (Å²) in [5.74, 6) is 0.116. The number of nitrogens with zero attached hydrogens (tertiary/aromatic N) is 2. The number of nitrogens with two attached hydrogens (primary N) is 1. The van der Waals surface area contributed by atoms with Crippen molar-refractivity contribution in [3.63, 3.8) is 0 Å². The van der Waals surface area contributed by atoms with Crippen LogP contribution < -0.4 is 10.6 Å². The van der Waals surface area contributed by atoms with Gasteiger partial charge in [0.2, 0.25) is 0 Å². The molecule has 1 unspecified atom stereocenters.